The second-order valence-corrected chi connectivity index (χ2v) is 6.19. The molecule has 1 aliphatic heterocycles. The minimum absolute atomic E-state index is 0.264. The molecule has 0 aliphatic carbocycles. The van der Waals surface area contributed by atoms with Crippen molar-refractivity contribution in [2.75, 3.05) is 19.6 Å². The number of aromatic amines is 1. The van der Waals surface area contributed by atoms with Gasteiger partial charge in [-0.3, -0.25) is 4.98 Å². The lowest BCUT2D eigenvalue weighted by Crippen LogP contribution is -2.25. The van der Waals surface area contributed by atoms with Gasteiger partial charge >= 0.3 is 0 Å². The monoisotopic (exact) mass is 310 g/mol. The zero-order chi connectivity index (χ0) is 15.6. The largest absolute Gasteiger partial charge is 0.488 e. The summed E-state index contributed by atoms with van der Waals surface area (Å²) in [5, 5.41) is 2.20. The van der Waals surface area contributed by atoms with Crippen LogP contribution in [0.15, 0.2) is 30.7 Å². The van der Waals surface area contributed by atoms with E-state index in [-0.39, 0.29) is 6.10 Å². The third-order valence-electron chi connectivity index (χ3n) is 4.75. The van der Waals surface area contributed by atoms with Gasteiger partial charge in [0.05, 0.1) is 23.3 Å². The second kappa shape index (κ2) is 6.16. The number of H-pyrrole nitrogens is 1. The maximum absolute atomic E-state index is 6.37. The van der Waals surface area contributed by atoms with E-state index in [1.54, 1.807) is 6.20 Å². The van der Waals surface area contributed by atoms with Crippen LogP contribution in [0, 0.1) is 0 Å². The van der Waals surface area contributed by atoms with Crippen LogP contribution in [0.3, 0.4) is 0 Å². The predicted molar refractivity (Wildman–Crippen MR) is 91.8 cm³/mol. The number of hydrogen-bond donors (Lipinski definition) is 1. The molecular weight excluding hydrogens is 288 g/mol. The van der Waals surface area contributed by atoms with Crippen LogP contribution in [0.4, 0.5) is 0 Å². The number of likely N-dealkylation sites (tertiary alicyclic amines) is 1. The molecule has 0 saturated carbocycles. The molecule has 23 heavy (non-hydrogen) atoms. The predicted octanol–water partition coefficient (Wildman–Crippen LogP) is 3.36. The van der Waals surface area contributed by atoms with E-state index in [0.29, 0.717) is 0 Å². The first kappa shape index (κ1) is 14.5. The summed E-state index contributed by atoms with van der Waals surface area (Å²) in [6.45, 7) is 5.64. The number of ether oxygens (including phenoxy) is 1. The van der Waals surface area contributed by atoms with Crippen molar-refractivity contribution in [3.8, 4) is 5.75 Å². The summed E-state index contributed by atoms with van der Waals surface area (Å²) in [6, 6.07) is 4.05. The van der Waals surface area contributed by atoms with Crippen molar-refractivity contribution < 1.29 is 4.74 Å². The summed E-state index contributed by atoms with van der Waals surface area (Å²) in [5.41, 5.74) is 1.87. The number of hydrogen-bond acceptors (Lipinski definition) is 4. The number of rotatable bonds is 3. The summed E-state index contributed by atoms with van der Waals surface area (Å²) in [7, 11) is 0. The Morgan fingerprint density at radius 1 is 1.30 bits per heavy atom. The smallest absolute Gasteiger partial charge is 0.148 e. The SMILES string of the molecule is CCN1CCCC(Oc2cncc3[nH]c4ncccc4c23)CC1. The van der Waals surface area contributed by atoms with Crippen molar-refractivity contribution >= 4 is 21.9 Å². The molecule has 3 aromatic heterocycles. The fourth-order valence-electron chi connectivity index (χ4n) is 3.48. The number of aromatic nitrogens is 3. The number of nitrogens with zero attached hydrogens (tertiary/aromatic N) is 3. The van der Waals surface area contributed by atoms with Gasteiger partial charge in [0.25, 0.3) is 0 Å². The Hall–Kier alpha value is -2.14. The topological polar surface area (TPSA) is 54.0 Å². The molecule has 1 N–H and O–H groups in total. The molecule has 0 bridgehead atoms. The fourth-order valence-corrected chi connectivity index (χ4v) is 3.48. The molecule has 0 radical (unpaired) electrons. The summed E-state index contributed by atoms with van der Waals surface area (Å²) < 4.78 is 6.37. The van der Waals surface area contributed by atoms with Crippen molar-refractivity contribution in [3.63, 3.8) is 0 Å². The Kier molecular flexibility index (Phi) is 3.87. The molecule has 5 heteroatoms. The average molecular weight is 310 g/mol. The molecule has 0 spiro atoms. The molecule has 4 rings (SSSR count). The maximum atomic E-state index is 6.37. The average Bonchev–Trinajstić information content (AvgIpc) is 2.82. The van der Waals surface area contributed by atoms with Crippen LogP contribution in [-0.4, -0.2) is 45.6 Å². The highest BCUT2D eigenvalue weighted by Crippen LogP contribution is 2.32. The Balaban J connectivity index is 1.66. The van der Waals surface area contributed by atoms with Crippen LogP contribution in [0.5, 0.6) is 5.75 Å². The quantitative estimate of drug-likeness (QED) is 0.806. The molecule has 1 fully saturated rings. The van der Waals surface area contributed by atoms with Crippen molar-refractivity contribution in [2.45, 2.75) is 32.3 Å². The van der Waals surface area contributed by atoms with Gasteiger partial charge in [-0.15, -0.1) is 0 Å². The van der Waals surface area contributed by atoms with Gasteiger partial charge in [0.2, 0.25) is 0 Å². The third-order valence-corrected chi connectivity index (χ3v) is 4.75. The van der Waals surface area contributed by atoms with E-state index in [4.69, 9.17) is 4.74 Å². The van der Waals surface area contributed by atoms with Crippen LogP contribution >= 0.6 is 0 Å². The van der Waals surface area contributed by atoms with Gasteiger partial charge < -0.3 is 14.6 Å². The Bertz CT molecular complexity index is 813. The van der Waals surface area contributed by atoms with Crippen LogP contribution in [0.2, 0.25) is 0 Å². The van der Waals surface area contributed by atoms with Gasteiger partial charge in [-0.25, -0.2) is 4.98 Å². The van der Waals surface area contributed by atoms with E-state index in [1.165, 1.54) is 13.0 Å². The zero-order valence-corrected chi connectivity index (χ0v) is 13.5. The summed E-state index contributed by atoms with van der Waals surface area (Å²) >= 11 is 0. The first-order valence-corrected chi connectivity index (χ1v) is 8.44. The fraction of sp³-hybridized carbons (Fsp3) is 0.444. The Morgan fingerprint density at radius 3 is 3.17 bits per heavy atom. The van der Waals surface area contributed by atoms with Gasteiger partial charge in [0, 0.05) is 18.1 Å². The molecule has 1 atom stereocenters. The lowest BCUT2D eigenvalue weighted by molar-refractivity contribution is 0.183. The number of nitrogens with one attached hydrogen (secondary N) is 1. The third kappa shape index (κ3) is 2.77. The molecule has 120 valence electrons. The summed E-state index contributed by atoms with van der Waals surface area (Å²) in [4.78, 5) is 14.6. The van der Waals surface area contributed by atoms with Gasteiger partial charge in [-0.2, -0.15) is 0 Å². The van der Waals surface area contributed by atoms with Crippen LogP contribution < -0.4 is 4.74 Å². The molecule has 1 saturated heterocycles. The number of pyridine rings is 2. The van der Waals surface area contributed by atoms with Crippen molar-refractivity contribution in [2.24, 2.45) is 0 Å². The summed E-state index contributed by atoms with van der Waals surface area (Å²) in [5.74, 6) is 0.872. The molecular formula is C18H22N4O. The lowest BCUT2D eigenvalue weighted by atomic mass is 10.1. The zero-order valence-electron chi connectivity index (χ0n) is 13.5. The molecule has 1 unspecified atom stereocenters. The Labute approximate surface area is 135 Å². The van der Waals surface area contributed by atoms with Gasteiger partial charge in [0.1, 0.15) is 17.5 Å². The van der Waals surface area contributed by atoms with Crippen molar-refractivity contribution in [1.29, 1.82) is 0 Å². The van der Waals surface area contributed by atoms with E-state index in [2.05, 4.69) is 32.8 Å². The highest BCUT2D eigenvalue weighted by molar-refractivity contribution is 6.08. The highest BCUT2D eigenvalue weighted by Gasteiger charge is 2.19. The molecule has 0 aromatic carbocycles. The van der Waals surface area contributed by atoms with Crippen LogP contribution in [-0.2, 0) is 0 Å². The van der Waals surface area contributed by atoms with Crippen molar-refractivity contribution in [3.05, 3.63) is 30.7 Å². The molecule has 4 heterocycles. The van der Waals surface area contributed by atoms with E-state index in [1.807, 2.05) is 18.5 Å². The first-order valence-electron chi connectivity index (χ1n) is 8.44. The van der Waals surface area contributed by atoms with E-state index < -0.39 is 0 Å². The minimum Gasteiger partial charge on any atom is -0.488 e. The van der Waals surface area contributed by atoms with Crippen LogP contribution in [0.1, 0.15) is 26.2 Å². The van der Waals surface area contributed by atoms with Gasteiger partial charge in [-0.05, 0) is 44.5 Å². The second-order valence-electron chi connectivity index (χ2n) is 6.19. The van der Waals surface area contributed by atoms with E-state index >= 15 is 0 Å². The minimum atomic E-state index is 0.264. The van der Waals surface area contributed by atoms with E-state index in [9.17, 15) is 0 Å². The molecule has 1 aliphatic rings. The lowest BCUT2D eigenvalue weighted by Gasteiger charge is -2.19. The van der Waals surface area contributed by atoms with E-state index in [0.717, 1.165) is 53.6 Å². The normalized spacial score (nSPS) is 20.0. The van der Waals surface area contributed by atoms with Crippen LogP contribution in [0.25, 0.3) is 21.9 Å². The number of fused-ring (bicyclic) bond motifs is 3. The standard InChI is InChI=1S/C18H22N4O/c1-2-22-9-4-5-13(7-10-22)23-16-12-19-11-15-17(16)14-6-3-8-20-18(14)21-15/h3,6,8,11-13H,2,4-5,7,9-10H2,1H3,(H,20,21). The van der Waals surface area contributed by atoms with Gasteiger partial charge in [0.15, 0.2) is 0 Å². The molecule has 5 nitrogen and oxygen atoms in total. The Morgan fingerprint density at radius 2 is 2.26 bits per heavy atom. The molecule has 3 aromatic rings. The first-order chi connectivity index (χ1) is 11.3. The molecule has 0 amide bonds. The highest BCUT2D eigenvalue weighted by atomic mass is 16.5. The summed E-state index contributed by atoms with van der Waals surface area (Å²) in [6.07, 6.45) is 9.12. The van der Waals surface area contributed by atoms with Gasteiger partial charge in [-0.1, -0.05) is 6.92 Å². The van der Waals surface area contributed by atoms with Crippen molar-refractivity contribution in [1.82, 2.24) is 19.9 Å². The maximum Gasteiger partial charge on any atom is 0.148 e.